The zero-order valence-corrected chi connectivity index (χ0v) is 11.2. The Hall–Kier alpha value is -1.48. The van der Waals surface area contributed by atoms with E-state index < -0.39 is 17.0 Å². The third-order valence-corrected chi connectivity index (χ3v) is 3.47. The van der Waals surface area contributed by atoms with Gasteiger partial charge in [0.25, 0.3) is 0 Å². The average molecular weight is 285 g/mol. The van der Waals surface area contributed by atoms with E-state index in [2.05, 4.69) is 0 Å². The lowest BCUT2D eigenvalue weighted by Gasteiger charge is -2.14. The molecule has 0 aromatic heterocycles. The largest absolute Gasteiger partial charge is 0.207 e. The van der Waals surface area contributed by atoms with Crippen molar-refractivity contribution in [2.24, 2.45) is 0 Å². The molecule has 0 amide bonds. The van der Waals surface area contributed by atoms with Crippen LogP contribution in [0.5, 0.6) is 0 Å². The first-order valence-corrected chi connectivity index (χ1v) is 6.20. The molecule has 0 aliphatic heterocycles. The second kappa shape index (κ2) is 5.25. The predicted molar refractivity (Wildman–Crippen MR) is 69.9 cm³/mol. The van der Waals surface area contributed by atoms with Gasteiger partial charge in [-0.25, -0.2) is 13.2 Å². The van der Waals surface area contributed by atoms with Gasteiger partial charge < -0.3 is 0 Å². The van der Waals surface area contributed by atoms with Gasteiger partial charge in [-0.1, -0.05) is 18.2 Å². The Balaban J connectivity index is 2.53. The highest BCUT2D eigenvalue weighted by Crippen LogP contribution is 2.34. The fourth-order valence-electron chi connectivity index (χ4n) is 2.05. The van der Waals surface area contributed by atoms with E-state index in [1.807, 2.05) is 0 Å². The molecular formula is C15H12ClF3. The third kappa shape index (κ3) is 2.61. The molecule has 0 saturated heterocycles. The number of hydrogen-bond donors (Lipinski definition) is 0. The van der Waals surface area contributed by atoms with Crippen molar-refractivity contribution in [2.45, 2.75) is 19.2 Å². The average Bonchev–Trinajstić information content (AvgIpc) is 2.35. The lowest BCUT2D eigenvalue weighted by molar-refractivity contribution is 0.558. The molecular weight excluding hydrogens is 273 g/mol. The number of hydrogen-bond acceptors (Lipinski definition) is 0. The van der Waals surface area contributed by atoms with Gasteiger partial charge in [0.05, 0.1) is 5.38 Å². The standard InChI is InChI=1S/C15H12ClF3/c1-8-6-10(7-9(2)15(8)19)14(16)13-11(17)4-3-5-12(13)18/h3-7,14H,1-2H3. The molecule has 1 atom stereocenters. The minimum absolute atomic E-state index is 0.213. The maximum atomic E-state index is 13.7. The first kappa shape index (κ1) is 13.9. The summed E-state index contributed by atoms with van der Waals surface area (Å²) in [7, 11) is 0. The van der Waals surface area contributed by atoms with E-state index in [0.29, 0.717) is 16.7 Å². The predicted octanol–water partition coefficient (Wildman–Crippen LogP) is 5.05. The number of benzene rings is 2. The zero-order valence-electron chi connectivity index (χ0n) is 10.5. The molecule has 1 unspecified atom stereocenters. The van der Waals surface area contributed by atoms with Crippen LogP contribution in [0.3, 0.4) is 0 Å². The van der Waals surface area contributed by atoms with Gasteiger partial charge in [0.2, 0.25) is 0 Å². The molecule has 0 nitrogen and oxygen atoms in total. The topological polar surface area (TPSA) is 0 Å². The molecule has 0 spiro atoms. The van der Waals surface area contributed by atoms with Crippen LogP contribution >= 0.6 is 11.6 Å². The molecule has 100 valence electrons. The van der Waals surface area contributed by atoms with Crippen molar-refractivity contribution >= 4 is 11.6 Å². The Morgan fingerprint density at radius 3 is 1.89 bits per heavy atom. The van der Waals surface area contributed by atoms with Crippen LogP contribution in [0, 0.1) is 31.3 Å². The van der Waals surface area contributed by atoms with E-state index in [-0.39, 0.29) is 11.4 Å². The van der Waals surface area contributed by atoms with Crippen LogP contribution in [0.4, 0.5) is 13.2 Å². The van der Waals surface area contributed by atoms with E-state index in [9.17, 15) is 13.2 Å². The van der Waals surface area contributed by atoms with Crippen LogP contribution in [-0.4, -0.2) is 0 Å². The van der Waals surface area contributed by atoms with Crippen LogP contribution in [0.25, 0.3) is 0 Å². The maximum Gasteiger partial charge on any atom is 0.131 e. The Kier molecular flexibility index (Phi) is 3.85. The van der Waals surface area contributed by atoms with Crippen LogP contribution in [-0.2, 0) is 0 Å². The van der Waals surface area contributed by atoms with Crippen LogP contribution < -0.4 is 0 Å². The number of halogens is 4. The lowest BCUT2D eigenvalue weighted by atomic mass is 9.99. The summed E-state index contributed by atoms with van der Waals surface area (Å²) in [4.78, 5) is 0. The first-order chi connectivity index (χ1) is 8.91. The van der Waals surface area contributed by atoms with Gasteiger partial charge in [0.1, 0.15) is 17.5 Å². The fraction of sp³-hybridized carbons (Fsp3) is 0.200. The van der Waals surface area contributed by atoms with Gasteiger partial charge >= 0.3 is 0 Å². The summed E-state index contributed by atoms with van der Waals surface area (Å²) in [6.45, 7) is 3.18. The highest BCUT2D eigenvalue weighted by Gasteiger charge is 2.20. The Morgan fingerprint density at radius 1 is 0.947 bits per heavy atom. The highest BCUT2D eigenvalue weighted by atomic mass is 35.5. The fourth-order valence-corrected chi connectivity index (χ4v) is 2.38. The number of aryl methyl sites for hydroxylation is 2. The molecule has 0 fully saturated rings. The van der Waals surface area contributed by atoms with Gasteiger partial charge in [-0.2, -0.15) is 0 Å². The Morgan fingerprint density at radius 2 is 1.42 bits per heavy atom. The molecule has 0 N–H and O–H groups in total. The molecule has 2 rings (SSSR count). The molecule has 0 radical (unpaired) electrons. The highest BCUT2D eigenvalue weighted by molar-refractivity contribution is 6.22. The minimum Gasteiger partial charge on any atom is -0.207 e. The molecule has 0 aliphatic rings. The van der Waals surface area contributed by atoms with Gasteiger partial charge in [-0.05, 0) is 42.7 Å². The van der Waals surface area contributed by atoms with Crippen LogP contribution in [0.1, 0.15) is 27.6 Å². The summed E-state index contributed by atoms with van der Waals surface area (Å²) in [6.07, 6.45) is 0. The third-order valence-electron chi connectivity index (χ3n) is 3.00. The molecule has 19 heavy (non-hydrogen) atoms. The van der Waals surface area contributed by atoms with Crippen molar-refractivity contribution in [3.63, 3.8) is 0 Å². The molecule has 0 bridgehead atoms. The van der Waals surface area contributed by atoms with E-state index in [1.165, 1.54) is 18.2 Å². The monoisotopic (exact) mass is 284 g/mol. The summed E-state index contributed by atoms with van der Waals surface area (Å²) in [6, 6.07) is 6.59. The first-order valence-electron chi connectivity index (χ1n) is 5.76. The Labute approximate surface area is 114 Å². The normalized spacial score (nSPS) is 12.5. The van der Waals surface area contributed by atoms with Crippen molar-refractivity contribution in [1.82, 2.24) is 0 Å². The number of rotatable bonds is 2. The van der Waals surface area contributed by atoms with Gasteiger partial charge in [-0.15, -0.1) is 11.6 Å². The van der Waals surface area contributed by atoms with E-state index >= 15 is 0 Å². The van der Waals surface area contributed by atoms with Crippen molar-refractivity contribution in [3.05, 3.63) is 70.0 Å². The molecule has 0 saturated carbocycles. The van der Waals surface area contributed by atoms with E-state index in [4.69, 9.17) is 11.6 Å². The molecule has 2 aromatic carbocycles. The lowest BCUT2D eigenvalue weighted by Crippen LogP contribution is -2.02. The van der Waals surface area contributed by atoms with Gasteiger partial charge in [0.15, 0.2) is 0 Å². The van der Waals surface area contributed by atoms with Crippen LogP contribution in [0.2, 0.25) is 0 Å². The summed E-state index contributed by atoms with van der Waals surface area (Å²) in [5.41, 5.74) is 1.06. The van der Waals surface area contributed by atoms with E-state index in [1.54, 1.807) is 13.8 Å². The summed E-state index contributed by atoms with van der Waals surface area (Å²) in [5.74, 6) is -1.75. The summed E-state index contributed by atoms with van der Waals surface area (Å²) < 4.78 is 40.9. The Bertz CT molecular complexity index is 580. The van der Waals surface area contributed by atoms with Gasteiger partial charge in [-0.3, -0.25) is 0 Å². The van der Waals surface area contributed by atoms with Crippen molar-refractivity contribution in [2.75, 3.05) is 0 Å². The molecule has 2 aromatic rings. The smallest absolute Gasteiger partial charge is 0.131 e. The second-order valence-corrected chi connectivity index (χ2v) is 4.90. The summed E-state index contributed by atoms with van der Waals surface area (Å²) >= 11 is 6.14. The molecule has 0 heterocycles. The quantitative estimate of drug-likeness (QED) is 0.677. The second-order valence-electron chi connectivity index (χ2n) is 4.47. The SMILES string of the molecule is Cc1cc(C(Cl)c2c(F)cccc2F)cc(C)c1F. The maximum absolute atomic E-state index is 13.7. The van der Waals surface area contributed by atoms with Crippen LogP contribution in [0.15, 0.2) is 30.3 Å². The summed E-state index contributed by atoms with van der Waals surface area (Å²) in [5, 5.41) is -0.987. The van der Waals surface area contributed by atoms with E-state index in [0.717, 1.165) is 12.1 Å². The van der Waals surface area contributed by atoms with Crippen molar-refractivity contribution in [1.29, 1.82) is 0 Å². The van der Waals surface area contributed by atoms with Crippen molar-refractivity contribution in [3.8, 4) is 0 Å². The van der Waals surface area contributed by atoms with Crippen molar-refractivity contribution < 1.29 is 13.2 Å². The molecule has 4 heteroatoms. The minimum atomic E-state index is -0.987. The molecule has 0 aliphatic carbocycles. The zero-order chi connectivity index (χ0) is 14.2. The van der Waals surface area contributed by atoms with Gasteiger partial charge in [0, 0.05) is 5.56 Å². The number of alkyl halides is 1.